The molecule has 0 bridgehead atoms. The summed E-state index contributed by atoms with van der Waals surface area (Å²) in [4.78, 5) is 0. The van der Waals surface area contributed by atoms with Gasteiger partial charge in [0.15, 0.2) is 0 Å². The molecule has 0 heterocycles. The summed E-state index contributed by atoms with van der Waals surface area (Å²) < 4.78 is 59.2. The van der Waals surface area contributed by atoms with E-state index >= 15 is 0 Å². The summed E-state index contributed by atoms with van der Waals surface area (Å²) in [5.74, 6) is 2.40. The fourth-order valence-corrected chi connectivity index (χ4v) is 2.45. The van der Waals surface area contributed by atoms with E-state index < -0.39 is 0 Å². The number of hydrogen-bond acceptors (Lipinski definition) is 11. The Balaban J connectivity index is 3.02. The molecule has 0 aromatic rings. The third-order valence-corrected chi connectivity index (χ3v) is 4.21. The molecule has 220 valence electrons. The van der Waals surface area contributed by atoms with Crippen molar-refractivity contribution >= 4 is 0 Å². The molecule has 0 aliphatic heterocycles. The van der Waals surface area contributed by atoms with E-state index in [2.05, 4.69) is 5.92 Å². The highest BCUT2D eigenvalue weighted by molar-refractivity contribution is 4.82. The van der Waals surface area contributed by atoms with E-state index in [1.807, 2.05) is 13.8 Å². The molecule has 0 aromatic heterocycles. The number of hydrogen-bond donors (Lipinski definition) is 0. The molecule has 37 heavy (non-hydrogen) atoms. The normalized spacial score (nSPS) is 11.4. The van der Waals surface area contributed by atoms with Crippen LogP contribution in [0.4, 0.5) is 0 Å². The first-order valence-electron chi connectivity index (χ1n) is 13.1. The molecule has 0 aromatic carbocycles. The van der Waals surface area contributed by atoms with E-state index in [9.17, 15) is 0 Å². The lowest BCUT2D eigenvalue weighted by Gasteiger charge is -2.09. The van der Waals surface area contributed by atoms with Gasteiger partial charge >= 0.3 is 0 Å². The fraction of sp³-hybridized carbons (Fsp3) is 0.923. The quantitative estimate of drug-likeness (QED) is 0.0912. The van der Waals surface area contributed by atoms with E-state index in [0.717, 1.165) is 0 Å². The van der Waals surface area contributed by atoms with Gasteiger partial charge in [0, 0.05) is 0 Å². The summed E-state index contributed by atoms with van der Waals surface area (Å²) in [7, 11) is 0. The lowest BCUT2D eigenvalue weighted by molar-refractivity contribution is -0.0284. The van der Waals surface area contributed by atoms with Gasteiger partial charge in [0.1, 0.15) is 6.61 Å². The summed E-state index contributed by atoms with van der Waals surface area (Å²) in [6.07, 6.45) is 5.30. The highest BCUT2D eigenvalue weighted by Crippen LogP contribution is 1.88. The number of rotatable bonds is 32. The van der Waals surface area contributed by atoms with Crippen LogP contribution in [0.1, 0.15) is 13.8 Å². The molecule has 0 unspecified atom stereocenters. The Morgan fingerprint density at radius 1 is 0.378 bits per heavy atom. The van der Waals surface area contributed by atoms with Crippen LogP contribution in [0.5, 0.6) is 0 Å². The fourth-order valence-electron chi connectivity index (χ4n) is 2.45. The third-order valence-electron chi connectivity index (χ3n) is 4.21. The predicted molar refractivity (Wildman–Crippen MR) is 138 cm³/mol. The summed E-state index contributed by atoms with van der Waals surface area (Å²) >= 11 is 0. The van der Waals surface area contributed by atoms with Gasteiger partial charge < -0.3 is 52.1 Å². The maximum Gasteiger partial charge on any atom is 0.107 e. The zero-order valence-corrected chi connectivity index (χ0v) is 23.0. The zero-order valence-electron chi connectivity index (χ0n) is 23.0. The molecular weight excluding hydrogens is 488 g/mol. The van der Waals surface area contributed by atoms with E-state index in [0.29, 0.717) is 139 Å². The molecule has 0 fully saturated rings. The minimum Gasteiger partial charge on any atom is -0.377 e. The first-order chi connectivity index (χ1) is 18.3. The Hall–Kier alpha value is -0.880. The van der Waals surface area contributed by atoms with Gasteiger partial charge in [0.25, 0.3) is 0 Å². The molecule has 0 aliphatic rings. The van der Waals surface area contributed by atoms with Gasteiger partial charge in [0.05, 0.1) is 138 Å². The highest BCUT2D eigenvalue weighted by Gasteiger charge is 1.96. The van der Waals surface area contributed by atoms with Crippen molar-refractivity contribution in [1.82, 2.24) is 0 Å². The molecule has 0 radical (unpaired) electrons. The highest BCUT2D eigenvalue weighted by atomic mass is 16.6. The molecule has 11 heteroatoms. The average Bonchev–Trinajstić information content (AvgIpc) is 2.89. The van der Waals surface area contributed by atoms with Crippen molar-refractivity contribution in [2.24, 2.45) is 0 Å². The molecule has 0 saturated heterocycles. The monoisotopic (exact) mass is 538 g/mol. The Bertz CT molecular complexity index is 460. The van der Waals surface area contributed by atoms with E-state index in [4.69, 9.17) is 58.5 Å². The van der Waals surface area contributed by atoms with Crippen molar-refractivity contribution < 1.29 is 52.1 Å². The van der Waals surface area contributed by atoms with Gasteiger partial charge in [0.2, 0.25) is 0 Å². The van der Waals surface area contributed by atoms with Crippen molar-refractivity contribution in [1.29, 1.82) is 0 Å². The van der Waals surface area contributed by atoms with Crippen LogP contribution >= 0.6 is 0 Å². The second kappa shape index (κ2) is 33.1. The summed E-state index contributed by atoms with van der Waals surface area (Å²) in [6, 6.07) is 0. The van der Waals surface area contributed by atoms with Crippen LogP contribution in [0.2, 0.25) is 0 Å². The Morgan fingerprint density at radius 2 is 0.595 bits per heavy atom. The van der Waals surface area contributed by atoms with E-state index in [1.54, 1.807) is 0 Å². The van der Waals surface area contributed by atoms with Gasteiger partial charge in [-0.1, -0.05) is 5.92 Å². The standard InChI is InChI=1S/C26H50O11/c1-4-5-27-6-7-28-8-9-29-10-11-30-12-13-31-14-15-32-16-17-33-18-19-34-20-21-35-22-23-36-24-25-37-26(2)3/h1,26H,5-25H2,2-3H3. The number of terminal acetylenes is 1. The van der Waals surface area contributed by atoms with E-state index in [1.165, 1.54) is 0 Å². The topological polar surface area (TPSA) is 102 Å². The first-order valence-corrected chi connectivity index (χ1v) is 13.1. The Kier molecular flexibility index (Phi) is 32.4. The summed E-state index contributed by atoms with van der Waals surface area (Å²) in [5.41, 5.74) is 0. The maximum absolute atomic E-state index is 5.45. The minimum atomic E-state index is 0.233. The maximum atomic E-state index is 5.45. The lowest BCUT2D eigenvalue weighted by Crippen LogP contribution is -2.15. The largest absolute Gasteiger partial charge is 0.377 e. The zero-order chi connectivity index (χ0) is 26.9. The van der Waals surface area contributed by atoms with Crippen molar-refractivity contribution in [3.8, 4) is 12.3 Å². The smallest absolute Gasteiger partial charge is 0.107 e. The van der Waals surface area contributed by atoms with Gasteiger partial charge in [-0.05, 0) is 13.8 Å². The van der Waals surface area contributed by atoms with E-state index in [-0.39, 0.29) is 6.10 Å². The Morgan fingerprint density at radius 3 is 0.811 bits per heavy atom. The summed E-state index contributed by atoms with van der Waals surface area (Å²) in [6.45, 7) is 14.9. The predicted octanol–water partition coefficient (Wildman–Crippen LogP) is 1.21. The van der Waals surface area contributed by atoms with Crippen molar-refractivity contribution in [3.63, 3.8) is 0 Å². The molecule has 0 aliphatic carbocycles. The first kappa shape index (κ1) is 36.1. The van der Waals surface area contributed by atoms with Gasteiger partial charge in [-0.25, -0.2) is 0 Å². The van der Waals surface area contributed by atoms with Crippen molar-refractivity contribution in [2.45, 2.75) is 20.0 Å². The molecule has 0 amide bonds. The van der Waals surface area contributed by atoms with Crippen LogP contribution in [-0.4, -0.2) is 145 Å². The van der Waals surface area contributed by atoms with Crippen LogP contribution in [0.25, 0.3) is 0 Å². The van der Waals surface area contributed by atoms with Crippen LogP contribution in [-0.2, 0) is 52.1 Å². The lowest BCUT2D eigenvalue weighted by atomic mass is 10.5. The van der Waals surface area contributed by atoms with Gasteiger partial charge in [-0.2, -0.15) is 0 Å². The molecular formula is C26H50O11. The van der Waals surface area contributed by atoms with Crippen molar-refractivity contribution in [2.75, 3.05) is 139 Å². The molecule has 0 rings (SSSR count). The van der Waals surface area contributed by atoms with Crippen LogP contribution in [0.15, 0.2) is 0 Å². The molecule has 0 spiro atoms. The van der Waals surface area contributed by atoms with Gasteiger partial charge in [-0.3, -0.25) is 0 Å². The Labute approximate surface area is 223 Å². The third kappa shape index (κ3) is 35.1. The second-order valence-corrected chi connectivity index (χ2v) is 7.69. The van der Waals surface area contributed by atoms with Crippen LogP contribution in [0, 0.1) is 12.3 Å². The average molecular weight is 539 g/mol. The van der Waals surface area contributed by atoms with Crippen molar-refractivity contribution in [3.05, 3.63) is 0 Å². The van der Waals surface area contributed by atoms with Gasteiger partial charge in [-0.15, -0.1) is 6.42 Å². The minimum absolute atomic E-state index is 0.233. The second-order valence-electron chi connectivity index (χ2n) is 7.69. The van der Waals surface area contributed by atoms with Crippen LogP contribution < -0.4 is 0 Å². The SMILES string of the molecule is C#CCOCCOCCOCCOCCOCCOCCOCCOCCOCCOCCOC(C)C. The molecule has 0 atom stereocenters. The molecule has 11 nitrogen and oxygen atoms in total. The molecule has 0 N–H and O–H groups in total. The molecule has 0 saturated carbocycles. The number of ether oxygens (including phenoxy) is 11. The summed E-state index contributed by atoms with van der Waals surface area (Å²) in [5, 5.41) is 0. The van der Waals surface area contributed by atoms with Crippen LogP contribution in [0.3, 0.4) is 0 Å².